The van der Waals surface area contributed by atoms with Crippen molar-refractivity contribution in [2.75, 3.05) is 129 Å². The number of oxazole rings is 4. The number of likely N-dealkylation sites (tertiary alicyclic amines) is 1. The van der Waals surface area contributed by atoms with Gasteiger partial charge in [0.1, 0.15) is 53.8 Å². The molecule has 3 amide bonds. The van der Waals surface area contributed by atoms with E-state index in [1.807, 2.05) is 72.8 Å². The van der Waals surface area contributed by atoms with Gasteiger partial charge < -0.3 is 81.1 Å². The third kappa shape index (κ3) is 27.6. The van der Waals surface area contributed by atoms with E-state index in [-0.39, 0.29) is 29.1 Å². The second kappa shape index (κ2) is 45.7. The van der Waals surface area contributed by atoms with E-state index in [0.29, 0.717) is 162 Å². The standard InChI is InChI=1S/C22H29N3O4.C17H19ClN2O4.C15H16ClNO4.C13H12ClNO4.C10H12ClNO2/c1-17-4-2-9-24(17)10-3-13-28-19-7-5-18(6-8-19)21-23-20(16-29-21)22(26)25-11-14-27-15-12-25;18-6-1-9-23-14-4-2-13(3-5-14)16-19-15(12-24-16)17(21)20-7-10-22-11-8-20;1-2-19-15(18)13-10-21-14(17-13)11-4-6-12(7-5-11)20-9-3-8-16;14-6-1-7-18-10-4-2-9(3-5-10)12-15-11(8-19-12)13(16)17;11-6-1-7-14-9-4-2-8(3-5-9)10(12)13/h5-8,16-17H,2-4,9-15H2,1H3;2-5,12H,1,6-11H2;4-7,10H,2-3,8-9H2,1H3;2-5,8H,1,6-7H2,(H,16,17);2-5H,1,6-7H2,(H2,12,13). The summed E-state index contributed by atoms with van der Waals surface area (Å²) in [5.74, 6) is 5.29. The van der Waals surface area contributed by atoms with Crippen molar-refractivity contribution < 1.29 is 84.6 Å². The zero-order valence-corrected chi connectivity index (χ0v) is 62.7. The Hall–Kier alpha value is -9.67. The van der Waals surface area contributed by atoms with Gasteiger partial charge in [-0.1, -0.05) is 0 Å². The van der Waals surface area contributed by atoms with Crippen molar-refractivity contribution in [3.8, 4) is 74.6 Å². The second-order valence-corrected chi connectivity index (χ2v) is 25.3. The van der Waals surface area contributed by atoms with Crippen molar-refractivity contribution in [2.45, 2.75) is 64.8 Å². The number of halogens is 4. The molecule has 30 heteroatoms. The Morgan fingerprint density at radius 1 is 0.458 bits per heavy atom. The van der Waals surface area contributed by atoms with Gasteiger partial charge in [-0.2, -0.15) is 0 Å². The summed E-state index contributed by atoms with van der Waals surface area (Å²) in [4.78, 5) is 80.4. The van der Waals surface area contributed by atoms with Crippen LogP contribution in [-0.2, 0) is 14.2 Å². The molecular formula is C77H88Cl4N8O18. The van der Waals surface area contributed by atoms with E-state index < -0.39 is 17.8 Å². The lowest BCUT2D eigenvalue weighted by atomic mass is 10.2. The van der Waals surface area contributed by atoms with Crippen molar-refractivity contribution in [3.63, 3.8) is 0 Å². The molecule has 0 bridgehead atoms. The van der Waals surface area contributed by atoms with Gasteiger partial charge in [-0.05, 0) is 187 Å². The first-order valence-electron chi connectivity index (χ1n) is 35.1. The van der Waals surface area contributed by atoms with E-state index in [4.69, 9.17) is 113 Å². The van der Waals surface area contributed by atoms with E-state index in [0.717, 1.165) is 90.3 Å². The van der Waals surface area contributed by atoms with E-state index in [1.54, 1.807) is 65.3 Å². The number of ether oxygens (including phenoxy) is 8. The Bertz CT molecular complexity index is 4090. The van der Waals surface area contributed by atoms with Crippen LogP contribution < -0.4 is 29.4 Å². The molecule has 7 heterocycles. The van der Waals surface area contributed by atoms with Crippen LogP contribution in [0.2, 0.25) is 0 Å². The molecule has 3 saturated heterocycles. The lowest BCUT2D eigenvalue weighted by molar-refractivity contribution is 0.0297. The Labute approximate surface area is 640 Å². The highest BCUT2D eigenvalue weighted by Crippen LogP contribution is 2.28. The van der Waals surface area contributed by atoms with Crippen LogP contribution >= 0.6 is 46.4 Å². The third-order valence-electron chi connectivity index (χ3n) is 16.0. The lowest BCUT2D eigenvalue weighted by Gasteiger charge is -2.25. The predicted molar refractivity (Wildman–Crippen MR) is 403 cm³/mol. The SMILES string of the molecule is CC1CCCN1CCCOc1ccc(-c2nc(C(=O)N3CCOCC3)co2)cc1.CCOC(=O)c1coc(-c2ccc(OCCCCl)cc2)n1.NC(=O)c1ccc(OCCCCl)cc1.O=C(O)c1coc(-c2ccc(OCCCCl)cc2)n1.O=C(c1coc(-c2ccc(OCCCCl)cc2)n1)N1CCOCC1. The van der Waals surface area contributed by atoms with Gasteiger partial charge in [0.25, 0.3) is 11.8 Å². The van der Waals surface area contributed by atoms with Crippen LogP contribution in [0, 0.1) is 0 Å². The molecule has 5 aromatic carbocycles. The number of benzene rings is 5. The zero-order valence-electron chi connectivity index (χ0n) is 59.6. The number of nitrogens with zero attached hydrogens (tertiary/aromatic N) is 7. The van der Waals surface area contributed by atoms with Gasteiger partial charge in [0.15, 0.2) is 22.8 Å². The van der Waals surface area contributed by atoms with Crippen LogP contribution in [0.1, 0.15) is 111 Å². The normalized spacial score (nSPS) is 13.9. The van der Waals surface area contributed by atoms with Crippen molar-refractivity contribution in [1.29, 1.82) is 0 Å². The first kappa shape index (κ1) is 83.0. The van der Waals surface area contributed by atoms with Crippen molar-refractivity contribution in [3.05, 3.63) is 175 Å². The Morgan fingerprint density at radius 2 is 0.776 bits per heavy atom. The maximum Gasteiger partial charge on any atom is 0.360 e. The number of carboxylic acids is 1. The minimum atomic E-state index is -1.11. The van der Waals surface area contributed by atoms with E-state index >= 15 is 0 Å². The summed E-state index contributed by atoms with van der Waals surface area (Å²) in [6.45, 7) is 14.2. The molecule has 572 valence electrons. The van der Waals surface area contributed by atoms with Crippen LogP contribution in [0.15, 0.2) is 164 Å². The topological polar surface area (TPSA) is 319 Å². The molecular weight excluding hydrogens is 1470 g/mol. The highest BCUT2D eigenvalue weighted by atomic mass is 35.5. The average Bonchev–Trinajstić information content (AvgIpc) is 1.71. The van der Waals surface area contributed by atoms with Crippen LogP contribution in [0.25, 0.3) is 45.8 Å². The molecule has 3 fully saturated rings. The fourth-order valence-electron chi connectivity index (χ4n) is 10.3. The molecule has 0 saturated carbocycles. The molecule has 9 aromatic rings. The molecule has 0 aliphatic carbocycles. The van der Waals surface area contributed by atoms with Gasteiger partial charge in [-0.15, -0.1) is 46.4 Å². The second-order valence-electron chi connectivity index (χ2n) is 23.8. The van der Waals surface area contributed by atoms with Gasteiger partial charge in [0, 0.05) is 90.1 Å². The third-order valence-corrected chi connectivity index (χ3v) is 17.1. The summed E-state index contributed by atoms with van der Waals surface area (Å²) in [6, 6.07) is 36.8. The minimum absolute atomic E-state index is 0.113. The highest BCUT2D eigenvalue weighted by molar-refractivity contribution is 6.18. The number of nitrogens with two attached hydrogens (primary N) is 1. The number of amides is 3. The molecule has 107 heavy (non-hydrogen) atoms. The number of carbonyl (C=O) groups is 5. The van der Waals surface area contributed by atoms with Crippen LogP contribution in [0.5, 0.6) is 28.7 Å². The Balaban J connectivity index is 0.000000172. The number of aromatic carboxylic acids is 1. The largest absolute Gasteiger partial charge is 0.494 e. The Kier molecular flexibility index (Phi) is 35.5. The first-order chi connectivity index (χ1) is 52.2. The number of alkyl halides is 4. The molecule has 0 spiro atoms. The minimum Gasteiger partial charge on any atom is -0.494 e. The van der Waals surface area contributed by atoms with Gasteiger partial charge in [-0.25, -0.2) is 29.5 Å². The predicted octanol–water partition coefficient (Wildman–Crippen LogP) is 14.3. The fourth-order valence-corrected chi connectivity index (χ4v) is 10.8. The highest BCUT2D eigenvalue weighted by Gasteiger charge is 2.25. The molecule has 1 unspecified atom stereocenters. The summed E-state index contributed by atoms with van der Waals surface area (Å²) in [6.07, 6.45) is 12.1. The van der Waals surface area contributed by atoms with Crippen molar-refractivity contribution in [1.82, 2.24) is 34.6 Å². The molecule has 4 aromatic heterocycles. The number of primary amides is 1. The number of rotatable bonds is 31. The molecule has 3 aliphatic heterocycles. The Morgan fingerprint density at radius 3 is 1.08 bits per heavy atom. The molecule has 0 radical (unpaired) electrons. The smallest absolute Gasteiger partial charge is 0.360 e. The summed E-state index contributed by atoms with van der Waals surface area (Å²) < 4.78 is 64.5. The average molecular weight is 1560 g/mol. The van der Waals surface area contributed by atoms with Gasteiger partial charge in [0.05, 0.1) is 66.1 Å². The van der Waals surface area contributed by atoms with Crippen LogP contribution in [0.4, 0.5) is 0 Å². The zero-order chi connectivity index (χ0) is 76.0. The number of esters is 1. The number of hydrogen-bond acceptors (Lipinski definition) is 22. The van der Waals surface area contributed by atoms with Gasteiger partial charge in [-0.3, -0.25) is 14.4 Å². The monoisotopic (exact) mass is 1550 g/mol. The molecule has 1 atom stereocenters. The maximum atomic E-state index is 12.5. The number of carboxylic acid groups (broad SMARTS) is 1. The summed E-state index contributed by atoms with van der Waals surface area (Å²) in [5.41, 5.74) is 9.33. The molecule has 3 aliphatic rings. The molecule has 3 N–H and O–H groups in total. The maximum absolute atomic E-state index is 12.5. The van der Waals surface area contributed by atoms with Gasteiger partial charge in [0.2, 0.25) is 29.5 Å². The number of morpholine rings is 2. The van der Waals surface area contributed by atoms with E-state index in [9.17, 15) is 24.0 Å². The number of hydrogen-bond donors (Lipinski definition) is 2. The van der Waals surface area contributed by atoms with Crippen LogP contribution in [-0.4, -0.2) is 204 Å². The van der Waals surface area contributed by atoms with Gasteiger partial charge >= 0.3 is 11.9 Å². The number of carbonyl (C=O) groups excluding carboxylic acids is 4. The van der Waals surface area contributed by atoms with Crippen LogP contribution in [0.3, 0.4) is 0 Å². The summed E-state index contributed by atoms with van der Waals surface area (Å²) in [5, 5.41) is 8.76. The quantitative estimate of drug-likeness (QED) is 0.0232. The van der Waals surface area contributed by atoms with Crippen molar-refractivity contribution in [2.24, 2.45) is 5.73 Å². The lowest BCUT2D eigenvalue weighted by Crippen LogP contribution is -2.40. The summed E-state index contributed by atoms with van der Waals surface area (Å²) >= 11 is 22.2. The molecule has 26 nitrogen and oxygen atoms in total. The number of aromatic nitrogens is 4. The van der Waals surface area contributed by atoms with E-state index in [2.05, 4.69) is 31.8 Å². The molecule has 12 rings (SSSR count). The fraction of sp³-hybridized carbons (Fsp3) is 0.390. The summed E-state index contributed by atoms with van der Waals surface area (Å²) in [7, 11) is 0. The van der Waals surface area contributed by atoms with Crippen molar-refractivity contribution >= 4 is 76.1 Å². The first-order valence-corrected chi connectivity index (χ1v) is 37.2. The van der Waals surface area contributed by atoms with E-state index in [1.165, 1.54) is 38.2 Å².